The summed E-state index contributed by atoms with van der Waals surface area (Å²) in [4.78, 5) is 11.9. The van der Waals surface area contributed by atoms with Crippen LogP contribution in [0.4, 0.5) is 5.69 Å². The molecule has 1 atom stereocenters. The number of anilines is 1. The minimum atomic E-state index is -0.367. The van der Waals surface area contributed by atoms with Crippen molar-refractivity contribution in [1.29, 1.82) is 0 Å². The third-order valence-electron chi connectivity index (χ3n) is 2.61. The quantitative estimate of drug-likeness (QED) is 0.680. The van der Waals surface area contributed by atoms with Gasteiger partial charge in [-0.2, -0.15) is 0 Å². The molecule has 0 aromatic heterocycles. The number of rotatable bonds is 7. The van der Waals surface area contributed by atoms with E-state index in [1.54, 1.807) is 21.1 Å². The van der Waals surface area contributed by atoms with Gasteiger partial charge < -0.3 is 20.1 Å². The Balaban J connectivity index is 2.70. The van der Waals surface area contributed by atoms with Crippen molar-refractivity contribution in [2.45, 2.75) is 13.0 Å². The molecule has 112 valence electrons. The molecule has 0 heterocycles. The molecule has 0 radical (unpaired) electrons. The Labute approximate surface area is 135 Å². The van der Waals surface area contributed by atoms with Gasteiger partial charge in [0.25, 0.3) is 0 Å². The fraction of sp³-hybridized carbons (Fsp3) is 0.462. The van der Waals surface area contributed by atoms with Crippen LogP contribution in [-0.4, -0.2) is 39.3 Å². The second kappa shape index (κ2) is 8.49. The number of carbonyl (C=O) groups is 1. The number of methoxy groups -OCH3 is 2. The van der Waals surface area contributed by atoms with E-state index in [9.17, 15) is 4.79 Å². The van der Waals surface area contributed by atoms with Gasteiger partial charge in [0.1, 0.15) is 11.8 Å². The molecule has 1 rings (SSSR count). The highest BCUT2D eigenvalue weighted by Crippen LogP contribution is 2.34. The highest BCUT2D eigenvalue weighted by atomic mass is 79.9. The maximum absolute atomic E-state index is 11.9. The largest absolute Gasteiger partial charge is 0.495 e. The van der Waals surface area contributed by atoms with Crippen LogP contribution in [0.5, 0.6) is 5.75 Å². The molecule has 7 heteroatoms. The number of hydrogen-bond donors (Lipinski definition) is 2. The van der Waals surface area contributed by atoms with Crippen LogP contribution < -0.4 is 15.4 Å². The molecule has 1 unspecified atom stereocenters. The molecule has 1 aromatic carbocycles. The smallest absolute Gasteiger partial charge is 0.242 e. The standard InChI is InChI=1S/C13H18Br2N2O3/c1-8(13(18)16-4-5-19-2)17-11-7-12(20-3)10(15)6-9(11)14/h6-8,17H,4-5H2,1-3H3,(H,16,18). The molecule has 20 heavy (non-hydrogen) atoms. The van der Waals surface area contributed by atoms with E-state index in [0.717, 1.165) is 14.6 Å². The Morgan fingerprint density at radius 2 is 2.00 bits per heavy atom. The molecule has 0 aliphatic rings. The topological polar surface area (TPSA) is 59.6 Å². The van der Waals surface area contributed by atoms with Gasteiger partial charge in [-0.15, -0.1) is 0 Å². The Hall–Kier alpha value is -0.790. The molecule has 5 nitrogen and oxygen atoms in total. The van der Waals surface area contributed by atoms with E-state index in [1.807, 2.05) is 12.1 Å². The van der Waals surface area contributed by atoms with Crippen molar-refractivity contribution in [3.63, 3.8) is 0 Å². The molecular weight excluding hydrogens is 392 g/mol. The van der Waals surface area contributed by atoms with Gasteiger partial charge in [0.05, 0.1) is 23.9 Å². The van der Waals surface area contributed by atoms with Gasteiger partial charge in [0.2, 0.25) is 5.91 Å². The zero-order valence-corrected chi connectivity index (χ0v) is 14.8. The number of ether oxygens (including phenoxy) is 2. The molecule has 0 bridgehead atoms. The van der Waals surface area contributed by atoms with Crippen LogP contribution in [0.3, 0.4) is 0 Å². The fourth-order valence-electron chi connectivity index (χ4n) is 1.52. The van der Waals surface area contributed by atoms with Crippen molar-refractivity contribution in [2.75, 3.05) is 32.7 Å². The lowest BCUT2D eigenvalue weighted by molar-refractivity contribution is -0.121. The van der Waals surface area contributed by atoms with E-state index in [2.05, 4.69) is 42.5 Å². The monoisotopic (exact) mass is 408 g/mol. The lowest BCUT2D eigenvalue weighted by atomic mass is 10.2. The van der Waals surface area contributed by atoms with Crippen molar-refractivity contribution in [2.24, 2.45) is 0 Å². The number of amides is 1. The summed E-state index contributed by atoms with van der Waals surface area (Å²) in [5.41, 5.74) is 0.791. The van der Waals surface area contributed by atoms with Crippen LogP contribution in [0.15, 0.2) is 21.1 Å². The number of nitrogens with one attached hydrogen (secondary N) is 2. The number of hydrogen-bond acceptors (Lipinski definition) is 4. The zero-order chi connectivity index (χ0) is 15.1. The maximum atomic E-state index is 11.9. The van der Waals surface area contributed by atoms with Crippen molar-refractivity contribution in [3.05, 3.63) is 21.1 Å². The van der Waals surface area contributed by atoms with Gasteiger partial charge in [0, 0.05) is 24.2 Å². The van der Waals surface area contributed by atoms with Crippen LogP contribution in [0.25, 0.3) is 0 Å². The van der Waals surface area contributed by atoms with Crippen molar-refractivity contribution >= 4 is 43.5 Å². The molecule has 0 fully saturated rings. The molecule has 0 saturated carbocycles. The summed E-state index contributed by atoms with van der Waals surface area (Å²) in [6.07, 6.45) is 0. The second-order valence-electron chi connectivity index (χ2n) is 4.12. The third-order valence-corrected chi connectivity index (χ3v) is 3.89. The van der Waals surface area contributed by atoms with E-state index in [4.69, 9.17) is 9.47 Å². The molecule has 1 amide bonds. The summed E-state index contributed by atoms with van der Waals surface area (Å²) in [5.74, 6) is 0.610. The summed E-state index contributed by atoms with van der Waals surface area (Å²) in [5, 5.41) is 5.92. The Morgan fingerprint density at radius 3 is 2.60 bits per heavy atom. The normalized spacial score (nSPS) is 11.8. The second-order valence-corrected chi connectivity index (χ2v) is 5.83. The van der Waals surface area contributed by atoms with Gasteiger partial charge >= 0.3 is 0 Å². The summed E-state index contributed by atoms with van der Waals surface area (Å²) < 4.78 is 11.8. The van der Waals surface area contributed by atoms with Crippen molar-refractivity contribution in [1.82, 2.24) is 5.32 Å². The molecule has 0 aliphatic carbocycles. The molecule has 1 aromatic rings. The average molecular weight is 410 g/mol. The highest BCUT2D eigenvalue weighted by Gasteiger charge is 2.15. The van der Waals surface area contributed by atoms with Gasteiger partial charge in [-0.25, -0.2) is 0 Å². The van der Waals surface area contributed by atoms with Crippen LogP contribution in [0.1, 0.15) is 6.92 Å². The number of halogens is 2. The number of benzene rings is 1. The summed E-state index contributed by atoms with van der Waals surface area (Å²) >= 11 is 6.85. The minimum Gasteiger partial charge on any atom is -0.495 e. The van der Waals surface area contributed by atoms with E-state index in [0.29, 0.717) is 18.9 Å². The van der Waals surface area contributed by atoms with Gasteiger partial charge in [-0.1, -0.05) is 0 Å². The summed E-state index contributed by atoms with van der Waals surface area (Å²) in [6, 6.07) is 3.33. The van der Waals surface area contributed by atoms with E-state index < -0.39 is 0 Å². The Kier molecular flexibility index (Phi) is 7.32. The molecule has 0 saturated heterocycles. The molecule has 0 aliphatic heterocycles. The predicted molar refractivity (Wildman–Crippen MR) is 86.4 cm³/mol. The first-order valence-electron chi connectivity index (χ1n) is 6.05. The molecule has 0 spiro atoms. The van der Waals surface area contributed by atoms with Crippen LogP contribution in [0.2, 0.25) is 0 Å². The lowest BCUT2D eigenvalue weighted by Gasteiger charge is -2.17. The maximum Gasteiger partial charge on any atom is 0.242 e. The Morgan fingerprint density at radius 1 is 1.30 bits per heavy atom. The van der Waals surface area contributed by atoms with E-state index in [-0.39, 0.29) is 11.9 Å². The van der Waals surface area contributed by atoms with Gasteiger partial charge in [0.15, 0.2) is 0 Å². The number of carbonyl (C=O) groups excluding carboxylic acids is 1. The van der Waals surface area contributed by atoms with Crippen LogP contribution in [-0.2, 0) is 9.53 Å². The minimum absolute atomic E-state index is 0.0872. The van der Waals surface area contributed by atoms with Crippen LogP contribution in [0, 0.1) is 0 Å². The Bertz CT molecular complexity index is 469. The first-order chi connectivity index (χ1) is 9.49. The van der Waals surface area contributed by atoms with Gasteiger partial charge in [-0.05, 0) is 44.8 Å². The summed E-state index contributed by atoms with van der Waals surface area (Å²) in [6.45, 7) is 2.78. The summed E-state index contributed by atoms with van der Waals surface area (Å²) in [7, 11) is 3.19. The van der Waals surface area contributed by atoms with E-state index >= 15 is 0 Å². The van der Waals surface area contributed by atoms with Gasteiger partial charge in [-0.3, -0.25) is 4.79 Å². The van der Waals surface area contributed by atoms with Crippen LogP contribution >= 0.6 is 31.9 Å². The highest BCUT2D eigenvalue weighted by molar-refractivity contribution is 9.11. The fourth-order valence-corrected chi connectivity index (χ4v) is 2.79. The average Bonchev–Trinajstić information content (AvgIpc) is 2.41. The molecular formula is C13H18Br2N2O3. The third kappa shape index (κ3) is 4.96. The van der Waals surface area contributed by atoms with Crippen molar-refractivity contribution in [3.8, 4) is 5.75 Å². The lowest BCUT2D eigenvalue weighted by Crippen LogP contribution is -2.39. The molecule has 2 N–H and O–H groups in total. The van der Waals surface area contributed by atoms with Crippen molar-refractivity contribution < 1.29 is 14.3 Å². The zero-order valence-electron chi connectivity index (χ0n) is 11.6. The predicted octanol–water partition coefficient (Wildman–Crippen LogP) is 2.78. The first kappa shape index (κ1) is 17.3. The first-order valence-corrected chi connectivity index (χ1v) is 7.64. The SMILES string of the molecule is COCCNC(=O)C(C)Nc1cc(OC)c(Br)cc1Br. The van der Waals surface area contributed by atoms with E-state index in [1.165, 1.54) is 0 Å².